The lowest BCUT2D eigenvalue weighted by Crippen LogP contribution is -2.42. The number of carbonyl (C=O) groups is 1. The Morgan fingerprint density at radius 2 is 2.12 bits per heavy atom. The Hall–Kier alpha value is -2.25. The van der Waals surface area contributed by atoms with Crippen LogP contribution in [0.1, 0.15) is 47.0 Å². The molecular weight excluding hydrogens is 306 g/mol. The van der Waals surface area contributed by atoms with E-state index in [1.807, 2.05) is 19.1 Å². The number of anilines is 1. The van der Waals surface area contributed by atoms with Crippen molar-refractivity contribution >= 4 is 17.4 Å². The van der Waals surface area contributed by atoms with E-state index in [0.717, 1.165) is 31.6 Å². The third-order valence-electron chi connectivity index (χ3n) is 4.56. The van der Waals surface area contributed by atoms with Gasteiger partial charge in [-0.05, 0) is 42.3 Å². The second-order valence-electron chi connectivity index (χ2n) is 6.22. The van der Waals surface area contributed by atoms with E-state index in [9.17, 15) is 4.79 Å². The molecule has 0 spiro atoms. The highest BCUT2D eigenvalue weighted by Gasteiger charge is 2.29. The number of aromatic nitrogens is 5. The summed E-state index contributed by atoms with van der Waals surface area (Å²) in [5.41, 5.74) is 0.330. The van der Waals surface area contributed by atoms with Gasteiger partial charge in [0.1, 0.15) is 0 Å². The molecule has 24 heavy (non-hydrogen) atoms. The highest BCUT2D eigenvalue weighted by atomic mass is 16.2. The van der Waals surface area contributed by atoms with Crippen LogP contribution in [0.2, 0.25) is 0 Å². The van der Waals surface area contributed by atoms with Gasteiger partial charge in [0.15, 0.2) is 11.5 Å². The van der Waals surface area contributed by atoms with Gasteiger partial charge in [-0.15, -0.1) is 14.8 Å². The van der Waals surface area contributed by atoms with Crippen molar-refractivity contribution in [2.45, 2.75) is 47.0 Å². The zero-order chi connectivity index (χ0) is 17.6. The number of rotatable bonds is 9. The van der Waals surface area contributed by atoms with E-state index in [1.54, 1.807) is 0 Å². The maximum absolute atomic E-state index is 12.5. The first-order valence-corrected chi connectivity index (χ1v) is 8.62. The molecular formula is C16H27N7O. The summed E-state index contributed by atoms with van der Waals surface area (Å²) < 4.78 is 1.41. The quantitative estimate of drug-likeness (QED) is 0.751. The van der Waals surface area contributed by atoms with Gasteiger partial charge in [0.25, 0.3) is 0 Å². The molecule has 8 nitrogen and oxygen atoms in total. The predicted octanol–water partition coefficient (Wildman–Crippen LogP) is 1.68. The average Bonchev–Trinajstić information content (AvgIpc) is 3.06. The van der Waals surface area contributed by atoms with Crippen LogP contribution in [-0.4, -0.2) is 50.8 Å². The largest absolute Gasteiger partial charge is 0.354 e. The minimum absolute atomic E-state index is 0.131. The maximum atomic E-state index is 12.5. The number of likely N-dealkylation sites (N-methyl/N-ethyl adjacent to an activating group) is 1. The topological polar surface area (TPSA) is 88.3 Å². The molecule has 8 heteroatoms. The molecule has 2 rings (SSSR count). The Labute approximate surface area is 142 Å². The number of amides is 1. The zero-order valence-electron chi connectivity index (χ0n) is 15.0. The zero-order valence-corrected chi connectivity index (χ0v) is 15.0. The van der Waals surface area contributed by atoms with E-state index in [1.165, 1.54) is 4.63 Å². The molecule has 1 N–H and O–H groups in total. The Morgan fingerprint density at radius 1 is 1.33 bits per heavy atom. The van der Waals surface area contributed by atoms with Crippen molar-refractivity contribution in [3.8, 4) is 0 Å². The van der Waals surface area contributed by atoms with Gasteiger partial charge < -0.3 is 10.2 Å². The van der Waals surface area contributed by atoms with Crippen LogP contribution in [0, 0.1) is 5.41 Å². The number of fused-ring (bicyclic) bond motifs is 1. The first kappa shape index (κ1) is 18.1. The van der Waals surface area contributed by atoms with Crippen LogP contribution in [0.5, 0.6) is 0 Å². The molecule has 0 fully saturated rings. The van der Waals surface area contributed by atoms with Crippen molar-refractivity contribution in [3.63, 3.8) is 0 Å². The summed E-state index contributed by atoms with van der Waals surface area (Å²) >= 11 is 0. The number of hydrogen-bond acceptors (Lipinski definition) is 6. The molecule has 2 aromatic heterocycles. The third-order valence-corrected chi connectivity index (χ3v) is 4.56. The minimum atomic E-state index is -0.282. The second-order valence-corrected chi connectivity index (χ2v) is 6.22. The SMILES string of the molecule is CCCC(C)(CC)C(=O)NCCN(CC)c1ccc2nnnn2n1. The molecule has 1 unspecified atom stereocenters. The lowest BCUT2D eigenvalue weighted by molar-refractivity contribution is -0.130. The number of nitrogens with zero attached hydrogens (tertiary/aromatic N) is 6. The Balaban J connectivity index is 1.94. The molecule has 0 aromatic carbocycles. The predicted molar refractivity (Wildman–Crippen MR) is 92.8 cm³/mol. The van der Waals surface area contributed by atoms with E-state index < -0.39 is 0 Å². The van der Waals surface area contributed by atoms with Crippen LogP contribution in [-0.2, 0) is 4.79 Å². The molecule has 0 aliphatic heterocycles. The molecule has 0 bridgehead atoms. The molecule has 1 atom stereocenters. The summed E-state index contributed by atoms with van der Waals surface area (Å²) in [6.07, 6.45) is 2.76. The molecule has 0 aliphatic carbocycles. The minimum Gasteiger partial charge on any atom is -0.354 e. The monoisotopic (exact) mass is 333 g/mol. The Bertz CT molecular complexity index is 671. The summed E-state index contributed by atoms with van der Waals surface area (Å²) in [5, 5.41) is 18.7. The second kappa shape index (κ2) is 8.03. The van der Waals surface area contributed by atoms with Crippen molar-refractivity contribution in [1.82, 2.24) is 30.6 Å². The fraction of sp³-hybridized carbons (Fsp3) is 0.688. The van der Waals surface area contributed by atoms with Crippen LogP contribution in [0.4, 0.5) is 5.82 Å². The number of nitrogens with one attached hydrogen (secondary N) is 1. The lowest BCUT2D eigenvalue weighted by Gasteiger charge is -2.28. The molecule has 1 amide bonds. The molecule has 2 heterocycles. The molecule has 0 aliphatic rings. The summed E-state index contributed by atoms with van der Waals surface area (Å²) in [7, 11) is 0. The van der Waals surface area contributed by atoms with Gasteiger partial charge in [-0.3, -0.25) is 4.79 Å². The van der Waals surface area contributed by atoms with Crippen LogP contribution in [0.3, 0.4) is 0 Å². The third kappa shape index (κ3) is 3.98. The average molecular weight is 333 g/mol. The Morgan fingerprint density at radius 3 is 2.79 bits per heavy atom. The lowest BCUT2D eigenvalue weighted by atomic mass is 9.82. The summed E-state index contributed by atoms with van der Waals surface area (Å²) in [4.78, 5) is 14.5. The standard InChI is InChI=1S/C16H27N7O/c1-5-10-16(4,6-2)15(24)17-11-12-22(7-3)14-9-8-13-18-20-21-23(13)19-14/h8-9H,5-7,10-12H2,1-4H3,(H,17,24). The van der Waals surface area contributed by atoms with E-state index >= 15 is 0 Å². The van der Waals surface area contributed by atoms with E-state index in [-0.39, 0.29) is 11.3 Å². The first-order valence-electron chi connectivity index (χ1n) is 8.62. The summed E-state index contributed by atoms with van der Waals surface area (Å²) in [6, 6.07) is 3.73. The van der Waals surface area contributed by atoms with Crippen molar-refractivity contribution in [2.24, 2.45) is 5.41 Å². The highest BCUT2D eigenvalue weighted by Crippen LogP contribution is 2.27. The van der Waals surface area contributed by atoms with Crippen molar-refractivity contribution in [2.75, 3.05) is 24.5 Å². The first-order chi connectivity index (χ1) is 11.5. The number of carbonyl (C=O) groups excluding carboxylic acids is 1. The fourth-order valence-corrected chi connectivity index (χ4v) is 2.76. The normalized spacial score (nSPS) is 13.7. The van der Waals surface area contributed by atoms with Crippen molar-refractivity contribution in [3.05, 3.63) is 12.1 Å². The van der Waals surface area contributed by atoms with Gasteiger partial charge >= 0.3 is 0 Å². The maximum Gasteiger partial charge on any atom is 0.225 e. The van der Waals surface area contributed by atoms with E-state index in [2.05, 4.69) is 51.6 Å². The summed E-state index contributed by atoms with van der Waals surface area (Å²) in [5.74, 6) is 0.921. The smallest absolute Gasteiger partial charge is 0.225 e. The molecule has 0 radical (unpaired) electrons. The fourth-order valence-electron chi connectivity index (χ4n) is 2.76. The van der Waals surface area contributed by atoms with Gasteiger partial charge in [-0.1, -0.05) is 27.2 Å². The van der Waals surface area contributed by atoms with Gasteiger partial charge in [-0.25, -0.2) is 0 Å². The Kier molecular flexibility index (Phi) is 6.05. The van der Waals surface area contributed by atoms with Crippen LogP contribution < -0.4 is 10.2 Å². The number of hydrogen-bond donors (Lipinski definition) is 1. The van der Waals surface area contributed by atoms with E-state index in [4.69, 9.17) is 0 Å². The summed E-state index contributed by atoms with van der Waals surface area (Å²) in [6.45, 7) is 10.3. The van der Waals surface area contributed by atoms with Crippen LogP contribution >= 0.6 is 0 Å². The van der Waals surface area contributed by atoms with Gasteiger partial charge in [-0.2, -0.15) is 0 Å². The van der Waals surface area contributed by atoms with Crippen molar-refractivity contribution < 1.29 is 4.79 Å². The van der Waals surface area contributed by atoms with E-state index in [0.29, 0.717) is 18.7 Å². The number of tetrazole rings is 1. The van der Waals surface area contributed by atoms with Gasteiger partial charge in [0, 0.05) is 25.0 Å². The highest BCUT2D eigenvalue weighted by molar-refractivity contribution is 5.82. The molecule has 132 valence electrons. The van der Waals surface area contributed by atoms with Crippen LogP contribution in [0.25, 0.3) is 5.65 Å². The van der Waals surface area contributed by atoms with Crippen LogP contribution in [0.15, 0.2) is 12.1 Å². The van der Waals surface area contributed by atoms with Gasteiger partial charge in [0.2, 0.25) is 5.91 Å². The van der Waals surface area contributed by atoms with Gasteiger partial charge in [0.05, 0.1) is 0 Å². The molecule has 0 saturated heterocycles. The molecule has 2 aromatic rings. The molecule has 0 saturated carbocycles. The van der Waals surface area contributed by atoms with Crippen molar-refractivity contribution in [1.29, 1.82) is 0 Å².